The molecule has 0 aliphatic heterocycles. The third-order valence-corrected chi connectivity index (χ3v) is 3.35. The number of hydrogen-bond acceptors (Lipinski definition) is 3. The molecule has 0 bridgehead atoms. The smallest absolute Gasteiger partial charge is 0.335 e. The molecule has 100 valence electrons. The number of nitrogens with zero attached hydrogens (tertiary/aromatic N) is 3. The van der Waals surface area contributed by atoms with E-state index in [2.05, 4.69) is 9.97 Å². The highest BCUT2D eigenvalue weighted by Gasteiger charge is 2.14. The van der Waals surface area contributed by atoms with Gasteiger partial charge in [0.05, 0.1) is 34.7 Å². The molecule has 0 fully saturated rings. The molecule has 1 atom stereocenters. The van der Waals surface area contributed by atoms with Crippen molar-refractivity contribution in [3.05, 3.63) is 60.2 Å². The van der Waals surface area contributed by atoms with Crippen molar-refractivity contribution >= 4 is 17.0 Å². The maximum Gasteiger partial charge on any atom is 0.335 e. The Kier molecular flexibility index (Phi) is 2.95. The van der Waals surface area contributed by atoms with Crippen molar-refractivity contribution in [2.75, 3.05) is 0 Å². The minimum absolute atomic E-state index is 0.00903. The van der Waals surface area contributed by atoms with Gasteiger partial charge in [-0.3, -0.25) is 4.98 Å². The Balaban J connectivity index is 2.12. The summed E-state index contributed by atoms with van der Waals surface area (Å²) >= 11 is 0. The number of benzene rings is 1. The molecule has 0 radical (unpaired) electrons. The fourth-order valence-corrected chi connectivity index (χ4v) is 2.23. The lowest BCUT2D eigenvalue weighted by atomic mass is 10.1. The summed E-state index contributed by atoms with van der Waals surface area (Å²) in [5.41, 5.74) is 2.74. The van der Waals surface area contributed by atoms with E-state index < -0.39 is 5.97 Å². The number of carbonyl (C=O) groups is 1. The number of carboxylic acid groups (broad SMARTS) is 1. The van der Waals surface area contributed by atoms with Crippen LogP contribution >= 0.6 is 0 Å². The van der Waals surface area contributed by atoms with Crippen LogP contribution in [-0.2, 0) is 0 Å². The highest BCUT2D eigenvalue weighted by atomic mass is 16.4. The third-order valence-electron chi connectivity index (χ3n) is 3.35. The zero-order valence-electron chi connectivity index (χ0n) is 10.9. The first-order valence-electron chi connectivity index (χ1n) is 6.27. The second kappa shape index (κ2) is 4.77. The highest BCUT2D eigenvalue weighted by molar-refractivity contribution is 5.92. The van der Waals surface area contributed by atoms with Gasteiger partial charge in [0.15, 0.2) is 0 Å². The van der Waals surface area contributed by atoms with Gasteiger partial charge < -0.3 is 9.67 Å². The maximum absolute atomic E-state index is 11.1. The molecule has 2 heterocycles. The van der Waals surface area contributed by atoms with Crippen molar-refractivity contribution in [1.82, 2.24) is 14.5 Å². The third kappa shape index (κ3) is 2.03. The topological polar surface area (TPSA) is 68.0 Å². The van der Waals surface area contributed by atoms with Crippen molar-refractivity contribution in [3.63, 3.8) is 0 Å². The second-order valence-corrected chi connectivity index (χ2v) is 4.59. The van der Waals surface area contributed by atoms with Gasteiger partial charge in [-0.1, -0.05) is 6.07 Å². The van der Waals surface area contributed by atoms with E-state index in [0.29, 0.717) is 0 Å². The van der Waals surface area contributed by atoms with Gasteiger partial charge in [0.25, 0.3) is 0 Å². The standard InChI is InChI=1S/C15H13N3O2/c1-10(12-4-2-3-7-16-12)18-9-17-13-6-5-11(15(19)20)8-14(13)18/h2-10H,1H3,(H,19,20). The number of fused-ring (bicyclic) bond motifs is 1. The number of pyridine rings is 1. The Bertz CT molecular complexity index is 765. The lowest BCUT2D eigenvalue weighted by Crippen LogP contribution is -2.07. The van der Waals surface area contributed by atoms with Crippen LogP contribution in [-0.4, -0.2) is 25.6 Å². The van der Waals surface area contributed by atoms with Crippen LogP contribution in [0.2, 0.25) is 0 Å². The summed E-state index contributed by atoms with van der Waals surface area (Å²) in [6.45, 7) is 2.01. The summed E-state index contributed by atoms with van der Waals surface area (Å²) in [6, 6.07) is 10.7. The number of hydrogen-bond donors (Lipinski definition) is 1. The number of aromatic nitrogens is 3. The Hall–Kier alpha value is -2.69. The van der Waals surface area contributed by atoms with E-state index >= 15 is 0 Å². The van der Waals surface area contributed by atoms with E-state index in [1.807, 2.05) is 29.7 Å². The number of carboxylic acids is 1. The Morgan fingerprint density at radius 3 is 2.80 bits per heavy atom. The highest BCUT2D eigenvalue weighted by Crippen LogP contribution is 2.22. The molecule has 3 rings (SSSR count). The summed E-state index contributed by atoms with van der Waals surface area (Å²) in [6.07, 6.45) is 3.46. The first-order valence-corrected chi connectivity index (χ1v) is 6.27. The van der Waals surface area contributed by atoms with Gasteiger partial charge in [-0.05, 0) is 37.3 Å². The monoisotopic (exact) mass is 267 g/mol. The zero-order chi connectivity index (χ0) is 14.1. The van der Waals surface area contributed by atoms with E-state index in [9.17, 15) is 4.79 Å². The molecular weight excluding hydrogens is 254 g/mol. The Morgan fingerprint density at radius 2 is 2.10 bits per heavy atom. The van der Waals surface area contributed by atoms with Gasteiger partial charge >= 0.3 is 5.97 Å². The van der Waals surface area contributed by atoms with E-state index in [4.69, 9.17) is 5.11 Å². The van der Waals surface area contributed by atoms with Crippen LogP contribution in [0.4, 0.5) is 0 Å². The molecule has 1 unspecified atom stereocenters. The minimum atomic E-state index is -0.940. The van der Waals surface area contributed by atoms with Crippen LogP contribution < -0.4 is 0 Å². The van der Waals surface area contributed by atoms with Gasteiger partial charge in [0, 0.05) is 6.20 Å². The fourth-order valence-electron chi connectivity index (χ4n) is 2.23. The molecular formula is C15H13N3O2. The molecule has 1 N–H and O–H groups in total. The second-order valence-electron chi connectivity index (χ2n) is 4.59. The summed E-state index contributed by atoms with van der Waals surface area (Å²) in [4.78, 5) is 19.7. The van der Waals surface area contributed by atoms with Crippen LogP contribution in [0.3, 0.4) is 0 Å². The molecule has 0 aliphatic rings. The molecule has 1 aromatic carbocycles. The SMILES string of the molecule is CC(c1ccccn1)n1cnc2ccc(C(=O)O)cc21. The van der Waals surface area contributed by atoms with Gasteiger partial charge in [-0.2, -0.15) is 0 Å². The summed E-state index contributed by atoms with van der Waals surface area (Å²) in [7, 11) is 0. The molecule has 0 saturated carbocycles. The maximum atomic E-state index is 11.1. The first kappa shape index (κ1) is 12.3. The van der Waals surface area contributed by atoms with Crippen molar-refractivity contribution in [2.45, 2.75) is 13.0 Å². The van der Waals surface area contributed by atoms with Crippen LogP contribution in [0.5, 0.6) is 0 Å². The van der Waals surface area contributed by atoms with Crippen LogP contribution in [0.25, 0.3) is 11.0 Å². The molecule has 20 heavy (non-hydrogen) atoms. The average molecular weight is 267 g/mol. The molecule has 5 nitrogen and oxygen atoms in total. The predicted octanol–water partition coefficient (Wildman–Crippen LogP) is 2.74. The van der Waals surface area contributed by atoms with E-state index in [1.165, 1.54) is 0 Å². The fraction of sp³-hybridized carbons (Fsp3) is 0.133. The Labute approximate surface area is 115 Å². The van der Waals surface area contributed by atoms with Gasteiger partial charge in [-0.25, -0.2) is 9.78 Å². The molecule has 0 aliphatic carbocycles. The van der Waals surface area contributed by atoms with Crippen molar-refractivity contribution < 1.29 is 9.90 Å². The average Bonchev–Trinajstić information content (AvgIpc) is 2.90. The zero-order valence-corrected chi connectivity index (χ0v) is 10.9. The largest absolute Gasteiger partial charge is 0.478 e. The van der Waals surface area contributed by atoms with Crippen LogP contribution in [0.1, 0.15) is 29.0 Å². The molecule has 3 aromatic rings. The molecule has 0 spiro atoms. The van der Waals surface area contributed by atoms with Crippen LogP contribution in [0, 0.1) is 0 Å². The summed E-state index contributed by atoms with van der Waals surface area (Å²) in [5, 5.41) is 9.09. The van der Waals surface area contributed by atoms with E-state index in [1.54, 1.807) is 30.7 Å². The number of imidazole rings is 1. The van der Waals surface area contributed by atoms with Crippen LogP contribution in [0.15, 0.2) is 48.9 Å². The van der Waals surface area contributed by atoms with Crippen molar-refractivity contribution in [2.24, 2.45) is 0 Å². The number of aromatic carboxylic acids is 1. The van der Waals surface area contributed by atoms with Gasteiger partial charge in [0.1, 0.15) is 0 Å². The molecule has 0 saturated heterocycles. The van der Waals surface area contributed by atoms with E-state index in [0.717, 1.165) is 16.7 Å². The molecule has 5 heteroatoms. The first-order chi connectivity index (χ1) is 9.66. The Morgan fingerprint density at radius 1 is 1.25 bits per heavy atom. The summed E-state index contributed by atoms with van der Waals surface area (Å²) < 4.78 is 1.93. The predicted molar refractivity (Wildman–Crippen MR) is 74.7 cm³/mol. The van der Waals surface area contributed by atoms with E-state index in [-0.39, 0.29) is 11.6 Å². The minimum Gasteiger partial charge on any atom is -0.478 e. The van der Waals surface area contributed by atoms with Crippen molar-refractivity contribution in [3.8, 4) is 0 Å². The van der Waals surface area contributed by atoms with Crippen molar-refractivity contribution in [1.29, 1.82) is 0 Å². The van der Waals surface area contributed by atoms with Gasteiger partial charge in [-0.15, -0.1) is 0 Å². The lowest BCUT2D eigenvalue weighted by Gasteiger charge is -2.13. The van der Waals surface area contributed by atoms with Gasteiger partial charge in [0.2, 0.25) is 0 Å². The molecule has 0 amide bonds. The summed E-state index contributed by atoms with van der Waals surface area (Å²) in [5.74, 6) is -0.940. The normalized spacial score (nSPS) is 12.4. The lowest BCUT2D eigenvalue weighted by molar-refractivity contribution is 0.0697. The molecule has 2 aromatic heterocycles. The quantitative estimate of drug-likeness (QED) is 0.792. The number of rotatable bonds is 3.